The highest BCUT2D eigenvalue weighted by Gasteiger charge is 2.07. The maximum absolute atomic E-state index is 12.5. The molecule has 6 N–H and O–H groups in total. The van der Waals surface area contributed by atoms with Crippen molar-refractivity contribution in [2.45, 2.75) is 19.9 Å². The van der Waals surface area contributed by atoms with Crippen molar-refractivity contribution in [1.82, 2.24) is 4.57 Å². The minimum Gasteiger partial charge on any atom is -0.493 e. The summed E-state index contributed by atoms with van der Waals surface area (Å²) in [5.74, 6) is 0.374. The highest BCUT2D eigenvalue weighted by atomic mass is 32.1. The first-order valence-electron chi connectivity index (χ1n) is 9.30. The molecule has 0 bridgehead atoms. The van der Waals surface area contributed by atoms with Crippen LogP contribution in [0.2, 0.25) is 0 Å². The van der Waals surface area contributed by atoms with Crippen LogP contribution in [0.3, 0.4) is 0 Å². The number of benzene rings is 1. The summed E-state index contributed by atoms with van der Waals surface area (Å²) < 4.78 is 7.32. The van der Waals surface area contributed by atoms with E-state index in [1.54, 1.807) is 34.2 Å². The van der Waals surface area contributed by atoms with E-state index in [-0.39, 0.29) is 17.5 Å². The number of ether oxygens (including phenoxy) is 1. The summed E-state index contributed by atoms with van der Waals surface area (Å²) in [6, 6.07) is 13.0. The summed E-state index contributed by atoms with van der Waals surface area (Å²) in [7, 11) is 0. The minimum atomic E-state index is -0.158. The molecule has 0 aliphatic rings. The van der Waals surface area contributed by atoms with Crippen LogP contribution in [0.4, 0.5) is 5.69 Å². The van der Waals surface area contributed by atoms with E-state index >= 15 is 0 Å². The normalized spacial score (nSPS) is 11.3. The molecule has 9 heteroatoms. The monoisotopic (exact) mass is 424 g/mol. The molecule has 0 amide bonds. The van der Waals surface area contributed by atoms with Gasteiger partial charge in [0.1, 0.15) is 5.75 Å². The van der Waals surface area contributed by atoms with Gasteiger partial charge in [0, 0.05) is 23.6 Å². The number of nitrogens with zero attached hydrogens (tertiary/aromatic N) is 3. The lowest BCUT2D eigenvalue weighted by Gasteiger charge is -2.12. The van der Waals surface area contributed by atoms with Crippen molar-refractivity contribution in [3.05, 3.63) is 80.4 Å². The Morgan fingerprint density at radius 2 is 2.00 bits per heavy atom. The van der Waals surface area contributed by atoms with Crippen molar-refractivity contribution in [2.75, 3.05) is 6.61 Å². The summed E-state index contributed by atoms with van der Waals surface area (Å²) in [6.07, 6.45) is 2.54. The van der Waals surface area contributed by atoms with Gasteiger partial charge in [0.25, 0.3) is 5.56 Å². The molecule has 0 aliphatic carbocycles. The SMILES string of the molecule is Cc1c(Cn2ccc(OCCc3cccs3)cc2=O)cccc1N=C(N)N=C(N)N. The van der Waals surface area contributed by atoms with E-state index in [0.717, 1.165) is 17.5 Å². The number of thiophene rings is 1. The van der Waals surface area contributed by atoms with Crippen molar-refractivity contribution in [1.29, 1.82) is 0 Å². The Balaban J connectivity index is 1.71. The molecule has 156 valence electrons. The van der Waals surface area contributed by atoms with Crippen LogP contribution in [0.1, 0.15) is 16.0 Å². The molecule has 2 aromatic heterocycles. The molecule has 3 aromatic rings. The molecule has 0 saturated heterocycles. The lowest BCUT2D eigenvalue weighted by atomic mass is 10.1. The lowest BCUT2D eigenvalue weighted by molar-refractivity contribution is 0.321. The van der Waals surface area contributed by atoms with Gasteiger partial charge in [-0.3, -0.25) is 4.79 Å². The van der Waals surface area contributed by atoms with Crippen LogP contribution in [0.5, 0.6) is 5.75 Å². The summed E-state index contributed by atoms with van der Waals surface area (Å²) >= 11 is 1.69. The maximum atomic E-state index is 12.5. The van der Waals surface area contributed by atoms with Gasteiger partial charge in [-0.2, -0.15) is 4.99 Å². The smallest absolute Gasteiger partial charge is 0.254 e. The first-order chi connectivity index (χ1) is 14.4. The molecule has 0 aliphatic heterocycles. The molecule has 0 fully saturated rings. The number of hydrogen-bond donors (Lipinski definition) is 3. The second kappa shape index (κ2) is 9.75. The molecular formula is C21H24N6O2S. The number of pyridine rings is 1. The van der Waals surface area contributed by atoms with Crippen molar-refractivity contribution in [3.63, 3.8) is 0 Å². The third-order valence-electron chi connectivity index (χ3n) is 4.40. The van der Waals surface area contributed by atoms with Crippen LogP contribution in [-0.2, 0) is 13.0 Å². The van der Waals surface area contributed by atoms with Crippen LogP contribution in [0.15, 0.2) is 68.8 Å². The van der Waals surface area contributed by atoms with Gasteiger partial charge < -0.3 is 26.5 Å². The molecule has 0 radical (unpaired) electrons. The van der Waals surface area contributed by atoms with Gasteiger partial charge in [0.05, 0.1) is 18.8 Å². The van der Waals surface area contributed by atoms with Gasteiger partial charge in [-0.1, -0.05) is 18.2 Å². The number of hydrogen-bond acceptors (Lipinski definition) is 4. The van der Waals surface area contributed by atoms with Crippen LogP contribution in [0.25, 0.3) is 0 Å². The average molecular weight is 425 g/mol. The van der Waals surface area contributed by atoms with Crippen LogP contribution in [-0.4, -0.2) is 23.1 Å². The van der Waals surface area contributed by atoms with E-state index in [4.69, 9.17) is 21.9 Å². The fourth-order valence-electron chi connectivity index (χ4n) is 2.86. The first kappa shape index (κ1) is 21.1. The predicted octanol–water partition coefficient (Wildman–Crippen LogP) is 2.11. The molecule has 30 heavy (non-hydrogen) atoms. The fourth-order valence-corrected chi connectivity index (χ4v) is 3.55. The zero-order valence-electron chi connectivity index (χ0n) is 16.6. The fraction of sp³-hybridized carbons (Fsp3) is 0.190. The largest absolute Gasteiger partial charge is 0.493 e. The van der Waals surface area contributed by atoms with Crippen LogP contribution >= 0.6 is 11.3 Å². The molecule has 2 heterocycles. The van der Waals surface area contributed by atoms with E-state index in [1.807, 2.05) is 30.5 Å². The molecule has 0 unspecified atom stereocenters. The molecule has 0 atom stereocenters. The van der Waals surface area contributed by atoms with Gasteiger partial charge in [0.2, 0.25) is 5.96 Å². The Hall–Kier alpha value is -3.59. The van der Waals surface area contributed by atoms with Crippen molar-refractivity contribution < 1.29 is 4.74 Å². The molecule has 0 saturated carbocycles. The third-order valence-corrected chi connectivity index (χ3v) is 5.34. The zero-order chi connectivity index (χ0) is 21.5. The second-order valence-corrected chi connectivity index (χ2v) is 7.61. The number of aliphatic imine (C=N–C) groups is 2. The average Bonchev–Trinajstić information content (AvgIpc) is 3.20. The minimum absolute atomic E-state index is 0.0310. The Morgan fingerprint density at radius 3 is 2.70 bits per heavy atom. The highest BCUT2D eigenvalue weighted by Crippen LogP contribution is 2.22. The van der Waals surface area contributed by atoms with Crippen molar-refractivity contribution >= 4 is 28.9 Å². The number of nitrogens with two attached hydrogens (primary N) is 3. The Bertz CT molecular complexity index is 1110. The molecule has 8 nitrogen and oxygen atoms in total. The molecule has 0 spiro atoms. The quantitative estimate of drug-likeness (QED) is 0.394. The first-order valence-corrected chi connectivity index (χ1v) is 10.2. The number of rotatable bonds is 7. The van der Waals surface area contributed by atoms with Crippen LogP contribution < -0.4 is 27.5 Å². The van der Waals surface area contributed by atoms with Crippen molar-refractivity contribution in [2.24, 2.45) is 27.2 Å². The Morgan fingerprint density at radius 1 is 1.17 bits per heavy atom. The molecule has 3 rings (SSSR count). The summed E-state index contributed by atoms with van der Waals surface area (Å²) in [6.45, 7) is 2.83. The maximum Gasteiger partial charge on any atom is 0.254 e. The van der Waals surface area contributed by atoms with E-state index < -0.39 is 0 Å². The molecular weight excluding hydrogens is 400 g/mol. The predicted molar refractivity (Wildman–Crippen MR) is 122 cm³/mol. The van der Waals surface area contributed by atoms with E-state index in [1.165, 1.54) is 10.9 Å². The number of guanidine groups is 2. The van der Waals surface area contributed by atoms with E-state index in [0.29, 0.717) is 24.6 Å². The van der Waals surface area contributed by atoms with Gasteiger partial charge in [-0.25, -0.2) is 4.99 Å². The second-order valence-electron chi connectivity index (χ2n) is 6.57. The zero-order valence-corrected chi connectivity index (χ0v) is 17.4. The van der Waals surface area contributed by atoms with E-state index in [2.05, 4.69) is 16.1 Å². The number of aromatic nitrogens is 1. The standard InChI is InChI=1S/C21H24N6O2S/c1-14-15(4-2-6-18(14)25-21(24)26-20(22)23)13-27-9-7-16(12-19(27)28)29-10-8-17-5-3-11-30-17/h2-7,9,11-12H,8,10,13H2,1H3,(H6,22,23,24,25,26). The topological polar surface area (TPSA) is 134 Å². The van der Waals surface area contributed by atoms with Gasteiger partial charge in [-0.15, -0.1) is 11.3 Å². The molecule has 1 aromatic carbocycles. The summed E-state index contributed by atoms with van der Waals surface area (Å²) in [5, 5.41) is 2.04. The third kappa shape index (κ3) is 5.71. The lowest BCUT2D eigenvalue weighted by Crippen LogP contribution is -2.26. The summed E-state index contributed by atoms with van der Waals surface area (Å²) in [4.78, 5) is 21.7. The highest BCUT2D eigenvalue weighted by molar-refractivity contribution is 7.09. The Kier molecular flexibility index (Phi) is 6.87. The van der Waals surface area contributed by atoms with E-state index in [9.17, 15) is 4.79 Å². The Labute approximate surface area is 178 Å². The van der Waals surface area contributed by atoms with Gasteiger partial charge in [-0.05, 0) is 41.6 Å². The summed E-state index contributed by atoms with van der Waals surface area (Å²) in [5.41, 5.74) is 18.7. The van der Waals surface area contributed by atoms with Gasteiger partial charge >= 0.3 is 0 Å². The van der Waals surface area contributed by atoms with Gasteiger partial charge in [0.15, 0.2) is 5.96 Å². The van der Waals surface area contributed by atoms with Crippen molar-refractivity contribution in [3.8, 4) is 5.75 Å². The van der Waals surface area contributed by atoms with Crippen LogP contribution in [0, 0.1) is 6.92 Å².